The predicted molar refractivity (Wildman–Crippen MR) is 27.6 cm³/mol. The van der Waals surface area contributed by atoms with Crippen molar-refractivity contribution >= 4 is 0 Å². The zero-order valence-corrected chi connectivity index (χ0v) is 4.78. The minimum absolute atomic E-state index is 0.708. The molecule has 0 unspecified atom stereocenters. The molecule has 6 heavy (non-hydrogen) atoms. The third kappa shape index (κ3) is 0.444. The van der Waals surface area contributed by atoms with E-state index in [4.69, 9.17) is 0 Å². The molecular formula is C6H12. The van der Waals surface area contributed by atoms with Gasteiger partial charge in [0.05, 0.1) is 0 Å². The van der Waals surface area contributed by atoms with E-state index in [-0.39, 0.29) is 0 Å². The molecule has 0 spiro atoms. The summed E-state index contributed by atoms with van der Waals surface area (Å²) in [6.45, 7) is 6.94. The zero-order chi connectivity index (χ0) is 4.78. The molecule has 0 radical (unpaired) electrons. The van der Waals surface area contributed by atoms with Gasteiger partial charge in [-0.15, -0.1) is 0 Å². The topological polar surface area (TPSA) is 0 Å². The summed E-state index contributed by atoms with van der Waals surface area (Å²) >= 11 is 0. The van der Waals surface area contributed by atoms with Gasteiger partial charge >= 0.3 is 0 Å². The Balaban J connectivity index is 2.41. The summed E-state index contributed by atoms with van der Waals surface area (Å²) in [5.74, 6) is 0.998. The Hall–Kier alpha value is 0. The molecule has 0 aromatic carbocycles. The zero-order valence-electron chi connectivity index (χ0n) is 4.78. The van der Waals surface area contributed by atoms with Crippen LogP contribution in [-0.4, -0.2) is 0 Å². The number of hydrogen-bond acceptors (Lipinski definition) is 0. The van der Waals surface area contributed by atoms with Gasteiger partial charge in [0, 0.05) is 0 Å². The van der Waals surface area contributed by atoms with Gasteiger partial charge in [0.25, 0.3) is 0 Å². The van der Waals surface area contributed by atoms with Crippen molar-refractivity contribution in [3.05, 3.63) is 0 Å². The predicted octanol–water partition coefficient (Wildman–Crippen LogP) is 2.05. The van der Waals surface area contributed by atoms with Crippen LogP contribution in [0.2, 0.25) is 0 Å². The van der Waals surface area contributed by atoms with Gasteiger partial charge in [-0.1, -0.05) is 20.8 Å². The molecule has 1 atom stereocenters. The van der Waals surface area contributed by atoms with Gasteiger partial charge in [-0.3, -0.25) is 0 Å². The fraction of sp³-hybridized carbons (Fsp3) is 1.00. The van der Waals surface area contributed by atoms with Crippen LogP contribution in [0.4, 0.5) is 0 Å². The molecule has 0 nitrogen and oxygen atoms in total. The number of rotatable bonds is 0. The average Bonchev–Trinajstić information content (AvgIpc) is 1.73. The summed E-state index contributed by atoms with van der Waals surface area (Å²) in [6, 6.07) is 0. The van der Waals surface area contributed by atoms with Crippen molar-refractivity contribution in [3.8, 4) is 0 Å². The van der Waals surface area contributed by atoms with Gasteiger partial charge < -0.3 is 0 Å². The van der Waals surface area contributed by atoms with Gasteiger partial charge in [-0.2, -0.15) is 0 Å². The third-order valence-corrected chi connectivity index (χ3v) is 2.01. The second kappa shape index (κ2) is 0.800. The first-order valence-electron chi connectivity index (χ1n) is 2.63. The van der Waals surface area contributed by atoms with Gasteiger partial charge in [0.1, 0.15) is 0 Å². The van der Waals surface area contributed by atoms with E-state index in [1.165, 1.54) is 6.42 Å². The number of hydrogen-bond donors (Lipinski definition) is 0. The molecule has 0 N–H and O–H groups in total. The van der Waals surface area contributed by atoms with Crippen LogP contribution in [-0.2, 0) is 0 Å². The van der Waals surface area contributed by atoms with Gasteiger partial charge in [-0.25, -0.2) is 0 Å². The van der Waals surface area contributed by atoms with Crippen molar-refractivity contribution in [3.63, 3.8) is 0 Å². The van der Waals surface area contributed by atoms with Gasteiger partial charge in [0.15, 0.2) is 0 Å². The Morgan fingerprint density at radius 3 is 1.67 bits per heavy atom. The molecule has 1 rings (SSSR count). The van der Waals surface area contributed by atoms with Crippen molar-refractivity contribution < 1.29 is 0 Å². The molecule has 0 heterocycles. The minimum atomic E-state index is 0.708. The molecule has 0 aromatic rings. The molecule has 0 aromatic heterocycles. The lowest BCUT2D eigenvalue weighted by molar-refractivity contribution is 0.586. The Kier molecular flexibility index (Phi) is 0.556. The highest BCUT2D eigenvalue weighted by Crippen LogP contribution is 2.50. The minimum Gasteiger partial charge on any atom is -0.0620 e. The molecule has 1 aliphatic carbocycles. The van der Waals surface area contributed by atoms with E-state index in [2.05, 4.69) is 20.8 Å². The highest BCUT2D eigenvalue weighted by Gasteiger charge is 2.41. The largest absolute Gasteiger partial charge is 0.0620 e. The maximum Gasteiger partial charge on any atom is -0.0326 e. The molecule has 1 saturated carbocycles. The maximum absolute atomic E-state index is 2.32. The van der Waals surface area contributed by atoms with Crippen LogP contribution in [0.5, 0.6) is 0 Å². The molecule has 0 amide bonds. The standard InChI is InChI=1S/C6H12/c1-5-4-6(5,2)3/h5H,4H2,1-3H3/t5-/m0/s1. The second-order valence-corrected chi connectivity index (χ2v) is 3.09. The summed E-state index contributed by atoms with van der Waals surface area (Å²) in [6.07, 6.45) is 1.44. The van der Waals surface area contributed by atoms with E-state index >= 15 is 0 Å². The molecule has 0 heteroatoms. The van der Waals surface area contributed by atoms with E-state index in [0.717, 1.165) is 5.92 Å². The Bertz CT molecular complexity index is 62.4. The van der Waals surface area contributed by atoms with Crippen LogP contribution in [0.25, 0.3) is 0 Å². The molecule has 0 saturated heterocycles. The lowest BCUT2D eigenvalue weighted by Gasteiger charge is -1.91. The van der Waals surface area contributed by atoms with Crippen LogP contribution in [0.15, 0.2) is 0 Å². The van der Waals surface area contributed by atoms with Crippen molar-refractivity contribution in [2.45, 2.75) is 27.2 Å². The van der Waals surface area contributed by atoms with E-state index < -0.39 is 0 Å². The Labute approximate surface area is 39.6 Å². The molecular weight excluding hydrogens is 72.1 g/mol. The maximum atomic E-state index is 2.32. The van der Waals surface area contributed by atoms with Crippen molar-refractivity contribution in [1.82, 2.24) is 0 Å². The van der Waals surface area contributed by atoms with Crippen LogP contribution in [0, 0.1) is 11.3 Å². The van der Waals surface area contributed by atoms with Crippen LogP contribution >= 0.6 is 0 Å². The fourth-order valence-electron chi connectivity index (χ4n) is 0.730. The third-order valence-electron chi connectivity index (χ3n) is 2.01. The quantitative estimate of drug-likeness (QED) is 0.421. The van der Waals surface area contributed by atoms with E-state index in [0.29, 0.717) is 5.41 Å². The van der Waals surface area contributed by atoms with Gasteiger partial charge in [-0.05, 0) is 17.8 Å². The fourth-order valence-corrected chi connectivity index (χ4v) is 0.730. The summed E-state index contributed by atoms with van der Waals surface area (Å²) in [4.78, 5) is 0. The first-order valence-corrected chi connectivity index (χ1v) is 2.63. The summed E-state index contributed by atoms with van der Waals surface area (Å²) in [7, 11) is 0. The Morgan fingerprint density at radius 1 is 1.50 bits per heavy atom. The van der Waals surface area contributed by atoms with Crippen LogP contribution in [0.3, 0.4) is 0 Å². The molecule has 0 aliphatic heterocycles. The average molecular weight is 84.2 g/mol. The molecule has 0 bridgehead atoms. The highest BCUT2D eigenvalue weighted by atomic mass is 14.5. The lowest BCUT2D eigenvalue weighted by atomic mass is 10.1. The van der Waals surface area contributed by atoms with Gasteiger partial charge in [0.2, 0.25) is 0 Å². The summed E-state index contributed by atoms with van der Waals surface area (Å²) < 4.78 is 0. The molecule has 1 fully saturated rings. The van der Waals surface area contributed by atoms with Crippen molar-refractivity contribution in [2.24, 2.45) is 11.3 Å². The van der Waals surface area contributed by atoms with E-state index in [9.17, 15) is 0 Å². The smallest absolute Gasteiger partial charge is 0.0326 e. The molecule has 36 valence electrons. The summed E-state index contributed by atoms with van der Waals surface area (Å²) in [5.41, 5.74) is 0.708. The second-order valence-electron chi connectivity index (χ2n) is 3.09. The Morgan fingerprint density at radius 2 is 1.67 bits per heavy atom. The summed E-state index contributed by atoms with van der Waals surface area (Å²) in [5, 5.41) is 0. The van der Waals surface area contributed by atoms with Crippen LogP contribution < -0.4 is 0 Å². The highest BCUT2D eigenvalue weighted by molar-refractivity contribution is 4.91. The van der Waals surface area contributed by atoms with Crippen LogP contribution in [0.1, 0.15) is 27.2 Å². The lowest BCUT2D eigenvalue weighted by Crippen LogP contribution is -1.82. The normalized spacial score (nSPS) is 39.5. The first-order chi connectivity index (χ1) is 2.63. The SMILES string of the molecule is C[C@H]1CC1(C)C. The molecule has 1 aliphatic rings. The van der Waals surface area contributed by atoms with Crippen molar-refractivity contribution in [1.29, 1.82) is 0 Å². The van der Waals surface area contributed by atoms with Crippen molar-refractivity contribution in [2.75, 3.05) is 0 Å². The van der Waals surface area contributed by atoms with E-state index in [1.807, 2.05) is 0 Å². The first kappa shape index (κ1) is 4.17. The monoisotopic (exact) mass is 84.1 g/mol. The van der Waals surface area contributed by atoms with E-state index in [1.54, 1.807) is 0 Å².